The molecule has 0 radical (unpaired) electrons. The number of hydrogen-bond acceptors (Lipinski definition) is 3. The molecule has 0 amide bonds. The van der Waals surface area contributed by atoms with Crippen LogP contribution in [0.1, 0.15) is 19.0 Å². The van der Waals surface area contributed by atoms with Crippen LogP contribution in [-0.2, 0) is 16.0 Å². The van der Waals surface area contributed by atoms with Crippen LogP contribution in [0.25, 0.3) is 10.9 Å². The molecule has 3 nitrogen and oxygen atoms in total. The van der Waals surface area contributed by atoms with E-state index < -0.39 is 0 Å². The van der Waals surface area contributed by atoms with Crippen molar-refractivity contribution in [1.29, 1.82) is 0 Å². The molecule has 0 spiro atoms. The average molecular weight is 308 g/mol. The molecule has 0 aliphatic rings. The standard InChI is InChI=1S/C14H14BrNO2/c1-2-18-14(17)8-6-12-5-3-10-9-11(15)4-7-13(10)16-12/h3-5,7,9H,2,6,8H2,1H3. The molecule has 0 aliphatic carbocycles. The van der Waals surface area contributed by atoms with Crippen LogP contribution in [0.4, 0.5) is 0 Å². The first-order chi connectivity index (χ1) is 8.69. The second-order valence-corrected chi connectivity index (χ2v) is 4.86. The van der Waals surface area contributed by atoms with E-state index in [2.05, 4.69) is 20.9 Å². The van der Waals surface area contributed by atoms with Gasteiger partial charge in [-0.1, -0.05) is 22.0 Å². The highest BCUT2D eigenvalue weighted by Gasteiger charge is 2.04. The van der Waals surface area contributed by atoms with Crippen LogP contribution in [0.2, 0.25) is 0 Å². The fourth-order valence-electron chi connectivity index (χ4n) is 1.74. The van der Waals surface area contributed by atoms with Gasteiger partial charge in [0.25, 0.3) is 0 Å². The lowest BCUT2D eigenvalue weighted by atomic mass is 10.1. The highest BCUT2D eigenvalue weighted by Crippen LogP contribution is 2.19. The first-order valence-corrected chi connectivity index (χ1v) is 6.69. The molecule has 1 aromatic heterocycles. The summed E-state index contributed by atoms with van der Waals surface area (Å²) in [5, 5.41) is 1.09. The molecule has 0 atom stereocenters. The Morgan fingerprint density at radius 1 is 1.33 bits per heavy atom. The number of aryl methyl sites for hydroxylation is 1. The number of ether oxygens (including phenoxy) is 1. The number of esters is 1. The van der Waals surface area contributed by atoms with Crippen molar-refractivity contribution in [1.82, 2.24) is 4.98 Å². The molecule has 4 heteroatoms. The van der Waals surface area contributed by atoms with E-state index in [-0.39, 0.29) is 5.97 Å². The fourth-order valence-corrected chi connectivity index (χ4v) is 2.12. The monoisotopic (exact) mass is 307 g/mol. The van der Waals surface area contributed by atoms with Crippen molar-refractivity contribution >= 4 is 32.8 Å². The summed E-state index contributed by atoms with van der Waals surface area (Å²) >= 11 is 3.43. The minimum absolute atomic E-state index is 0.171. The number of carbonyl (C=O) groups is 1. The lowest BCUT2D eigenvalue weighted by Crippen LogP contribution is -2.05. The summed E-state index contributed by atoms with van der Waals surface area (Å²) in [4.78, 5) is 15.8. The number of benzene rings is 1. The minimum Gasteiger partial charge on any atom is -0.466 e. The van der Waals surface area contributed by atoms with Crippen molar-refractivity contribution in [3.8, 4) is 0 Å². The van der Waals surface area contributed by atoms with Gasteiger partial charge in [0.15, 0.2) is 0 Å². The van der Waals surface area contributed by atoms with Gasteiger partial charge in [-0.05, 0) is 31.2 Å². The van der Waals surface area contributed by atoms with Crippen LogP contribution < -0.4 is 0 Å². The summed E-state index contributed by atoms with van der Waals surface area (Å²) in [7, 11) is 0. The zero-order valence-electron chi connectivity index (χ0n) is 10.1. The first kappa shape index (κ1) is 13.0. The SMILES string of the molecule is CCOC(=O)CCc1ccc2cc(Br)ccc2n1. The zero-order chi connectivity index (χ0) is 13.0. The molecule has 0 saturated carbocycles. The maximum Gasteiger partial charge on any atom is 0.306 e. The number of hydrogen-bond donors (Lipinski definition) is 0. The molecule has 0 unspecified atom stereocenters. The quantitative estimate of drug-likeness (QED) is 0.812. The van der Waals surface area contributed by atoms with Gasteiger partial charge in [0.1, 0.15) is 0 Å². The summed E-state index contributed by atoms with van der Waals surface area (Å²) in [5.74, 6) is -0.171. The van der Waals surface area contributed by atoms with E-state index in [1.165, 1.54) is 0 Å². The smallest absolute Gasteiger partial charge is 0.306 e. The molecule has 0 N–H and O–H groups in total. The maximum atomic E-state index is 11.3. The Bertz CT molecular complexity index is 569. The molecule has 94 valence electrons. The van der Waals surface area contributed by atoms with Crippen molar-refractivity contribution in [2.75, 3.05) is 6.61 Å². The van der Waals surface area contributed by atoms with E-state index in [1.54, 1.807) is 0 Å². The second-order valence-electron chi connectivity index (χ2n) is 3.94. The van der Waals surface area contributed by atoms with Crippen molar-refractivity contribution in [2.45, 2.75) is 19.8 Å². The third kappa shape index (κ3) is 3.29. The lowest BCUT2D eigenvalue weighted by Gasteiger charge is -2.04. The Labute approximate surface area is 114 Å². The Morgan fingerprint density at radius 2 is 2.17 bits per heavy atom. The summed E-state index contributed by atoms with van der Waals surface area (Å²) in [6.07, 6.45) is 0.994. The predicted molar refractivity (Wildman–Crippen MR) is 74.4 cm³/mol. The Balaban J connectivity index is 2.10. The zero-order valence-corrected chi connectivity index (χ0v) is 11.7. The third-order valence-electron chi connectivity index (χ3n) is 2.60. The number of carbonyl (C=O) groups excluding carboxylic acids is 1. The fraction of sp³-hybridized carbons (Fsp3) is 0.286. The minimum atomic E-state index is -0.171. The normalized spacial score (nSPS) is 10.6. The van der Waals surface area contributed by atoms with Crippen LogP contribution in [0, 0.1) is 0 Å². The molecule has 18 heavy (non-hydrogen) atoms. The molecular weight excluding hydrogens is 294 g/mol. The van der Waals surface area contributed by atoms with Crippen molar-refractivity contribution in [3.63, 3.8) is 0 Å². The van der Waals surface area contributed by atoms with Crippen molar-refractivity contribution < 1.29 is 9.53 Å². The molecule has 0 saturated heterocycles. The van der Waals surface area contributed by atoms with E-state index in [4.69, 9.17) is 4.74 Å². The van der Waals surface area contributed by atoms with Crippen LogP contribution in [-0.4, -0.2) is 17.6 Å². The van der Waals surface area contributed by atoms with Crippen molar-refractivity contribution in [2.24, 2.45) is 0 Å². The van der Waals surface area contributed by atoms with E-state index in [9.17, 15) is 4.79 Å². The van der Waals surface area contributed by atoms with Crippen molar-refractivity contribution in [3.05, 3.63) is 40.5 Å². The van der Waals surface area contributed by atoms with Gasteiger partial charge in [-0.15, -0.1) is 0 Å². The van der Waals surface area contributed by atoms with Gasteiger partial charge in [-0.3, -0.25) is 9.78 Å². The summed E-state index contributed by atoms with van der Waals surface area (Å²) < 4.78 is 5.93. The van der Waals surface area contributed by atoms with Crippen LogP contribution in [0.5, 0.6) is 0 Å². The summed E-state index contributed by atoms with van der Waals surface area (Å²) in [6, 6.07) is 9.93. The number of nitrogens with zero attached hydrogens (tertiary/aromatic N) is 1. The van der Waals surface area contributed by atoms with E-state index >= 15 is 0 Å². The van der Waals surface area contributed by atoms with Gasteiger partial charge in [-0.25, -0.2) is 0 Å². The predicted octanol–water partition coefficient (Wildman–Crippen LogP) is 3.49. The Morgan fingerprint density at radius 3 is 2.94 bits per heavy atom. The number of fused-ring (bicyclic) bond motifs is 1. The van der Waals surface area contributed by atoms with Crippen LogP contribution in [0.15, 0.2) is 34.8 Å². The number of halogens is 1. The average Bonchev–Trinajstić information content (AvgIpc) is 2.36. The Hall–Kier alpha value is -1.42. The van der Waals surface area contributed by atoms with Gasteiger partial charge in [0, 0.05) is 22.0 Å². The number of aromatic nitrogens is 1. The van der Waals surface area contributed by atoms with Crippen LogP contribution in [0.3, 0.4) is 0 Å². The highest BCUT2D eigenvalue weighted by molar-refractivity contribution is 9.10. The molecule has 0 fully saturated rings. The molecular formula is C14H14BrNO2. The molecule has 0 bridgehead atoms. The molecule has 2 rings (SSSR count). The molecule has 1 aromatic carbocycles. The van der Waals surface area contributed by atoms with Crippen LogP contribution >= 0.6 is 15.9 Å². The van der Waals surface area contributed by atoms with Gasteiger partial charge in [0.2, 0.25) is 0 Å². The van der Waals surface area contributed by atoms with E-state index in [1.807, 2.05) is 37.3 Å². The van der Waals surface area contributed by atoms with Gasteiger partial charge in [0.05, 0.1) is 18.5 Å². The lowest BCUT2D eigenvalue weighted by molar-refractivity contribution is -0.143. The Kier molecular flexibility index (Phi) is 4.31. The van der Waals surface area contributed by atoms with Gasteiger partial charge in [-0.2, -0.15) is 0 Å². The largest absolute Gasteiger partial charge is 0.466 e. The topological polar surface area (TPSA) is 39.2 Å². The van der Waals surface area contributed by atoms with E-state index in [0.29, 0.717) is 19.4 Å². The summed E-state index contributed by atoms with van der Waals surface area (Å²) in [6.45, 7) is 2.24. The van der Waals surface area contributed by atoms with Gasteiger partial charge >= 0.3 is 5.97 Å². The molecule has 0 aliphatic heterocycles. The summed E-state index contributed by atoms with van der Waals surface area (Å²) in [5.41, 5.74) is 1.86. The third-order valence-corrected chi connectivity index (χ3v) is 3.09. The van der Waals surface area contributed by atoms with Gasteiger partial charge < -0.3 is 4.74 Å². The molecule has 2 aromatic rings. The number of pyridine rings is 1. The second kappa shape index (κ2) is 5.96. The highest BCUT2D eigenvalue weighted by atomic mass is 79.9. The number of rotatable bonds is 4. The maximum absolute atomic E-state index is 11.3. The van der Waals surface area contributed by atoms with E-state index in [0.717, 1.165) is 21.1 Å². The molecule has 1 heterocycles. The first-order valence-electron chi connectivity index (χ1n) is 5.90.